The molecular formula is C18H18F2N2O6S. The van der Waals surface area contributed by atoms with Gasteiger partial charge in [-0.25, -0.2) is 21.9 Å². The van der Waals surface area contributed by atoms with Crippen molar-refractivity contribution in [3.05, 3.63) is 69.8 Å². The third-order valence-electron chi connectivity index (χ3n) is 3.69. The molecule has 8 nitrogen and oxygen atoms in total. The first-order valence-electron chi connectivity index (χ1n) is 8.41. The Morgan fingerprint density at radius 1 is 1.17 bits per heavy atom. The van der Waals surface area contributed by atoms with Gasteiger partial charge in [0.25, 0.3) is 5.69 Å². The molecule has 11 heteroatoms. The van der Waals surface area contributed by atoms with Gasteiger partial charge in [0.2, 0.25) is 10.0 Å². The normalized spacial score (nSPS) is 12.6. The van der Waals surface area contributed by atoms with Gasteiger partial charge in [-0.15, -0.1) is 0 Å². The first kappa shape index (κ1) is 22.4. The van der Waals surface area contributed by atoms with Crippen molar-refractivity contribution in [3.63, 3.8) is 0 Å². The van der Waals surface area contributed by atoms with Crippen LogP contribution in [0.15, 0.2) is 47.4 Å². The number of carbonyl (C=O) groups excluding carboxylic acids is 1. The molecule has 2 aromatic rings. The summed E-state index contributed by atoms with van der Waals surface area (Å²) in [4.78, 5) is 22.0. The highest BCUT2D eigenvalue weighted by Gasteiger charge is 2.30. The predicted molar refractivity (Wildman–Crippen MR) is 98.4 cm³/mol. The zero-order valence-corrected chi connectivity index (χ0v) is 16.3. The lowest BCUT2D eigenvalue weighted by Crippen LogP contribution is -2.31. The Hall–Kier alpha value is -2.92. The minimum Gasteiger partial charge on any atom is -0.463 e. The van der Waals surface area contributed by atoms with Crippen molar-refractivity contribution >= 4 is 21.7 Å². The van der Waals surface area contributed by atoms with E-state index in [0.717, 1.165) is 6.07 Å². The van der Waals surface area contributed by atoms with E-state index in [0.29, 0.717) is 18.2 Å². The number of esters is 1. The summed E-state index contributed by atoms with van der Waals surface area (Å²) in [5, 5.41) is 11.3. The lowest BCUT2D eigenvalue weighted by molar-refractivity contribution is -0.385. The fraction of sp³-hybridized carbons (Fsp3) is 0.278. The van der Waals surface area contributed by atoms with E-state index < -0.39 is 61.7 Å². The average molecular weight is 428 g/mol. The highest BCUT2D eigenvalue weighted by molar-refractivity contribution is 7.89. The summed E-state index contributed by atoms with van der Waals surface area (Å²) in [7, 11) is -4.53. The van der Waals surface area contributed by atoms with Gasteiger partial charge < -0.3 is 4.74 Å². The van der Waals surface area contributed by atoms with Gasteiger partial charge in [0.15, 0.2) is 0 Å². The lowest BCUT2D eigenvalue weighted by atomic mass is 10.0. The van der Waals surface area contributed by atoms with Crippen LogP contribution in [0, 0.1) is 21.7 Å². The number of ether oxygens (including phenoxy) is 1. The Morgan fingerprint density at radius 2 is 1.76 bits per heavy atom. The highest BCUT2D eigenvalue weighted by Crippen LogP contribution is 2.29. The molecule has 1 N–H and O–H groups in total. The zero-order valence-electron chi connectivity index (χ0n) is 15.5. The SMILES string of the molecule is CC(C)OC(=O)C[C@@H](NS(=O)(=O)c1cc(F)cc(F)c1)c1ccccc1[N+](=O)[O-]. The number of benzene rings is 2. The van der Waals surface area contributed by atoms with Gasteiger partial charge in [-0.3, -0.25) is 14.9 Å². The number of sulfonamides is 1. The van der Waals surface area contributed by atoms with Crippen molar-refractivity contribution in [2.75, 3.05) is 0 Å². The molecule has 0 heterocycles. The number of halogens is 2. The van der Waals surface area contributed by atoms with E-state index >= 15 is 0 Å². The minimum absolute atomic E-state index is 0.0985. The van der Waals surface area contributed by atoms with Crippen molar-refractivity contribution in [1.29, 1.82) is 0 Å². The largest absolute Gasteiger partial charge is 0.463 e. The van der Waals surface area contributed by atoms with Gasteiger partial charge in [0, 0.05) is 17.7 Å². The standard InChI is InChI=1S/C18H18F2N2O6S/c1-11(2)28-18(23)10-16(15-5-3-4-6-17(15)22(24)25)21-29(26,27)14-8-12(19)7-13(20)9-14/h3-9,11,16,21H,10H2,1-2H3/t16-/m1/s1. The number of nitrogens with zero attached hydrogens (tertiary/aromatic N) is 1. The number of hydrogen-bond acceptors (Lipinski definition) is 6. The second kappa shape index (κ2) is 9.05. The summed E-state index contributed by atoms with van der Waals surface area (Å²) < 4.78 is 59.3. The van der Waals surface area contributed by atoms with E-state index in [9.17, 15) is 32.1 Å². The molecule has 2 rings (SSSR count). The van der Waals surface area contributed by atoms with Crippen LogP contribution in [0.5, 0.6) is 0 Å². The second-order valence-corrected chi connectivity index (χ2v) is 8.05. The summed E-state index contributed by atoms with van der Waals surface area (Å²) in [6.07, 6.45) is -1.07. The van der Waals surface area contributed by atoms with Gasteiger partial charge in [-0.1, -0.05) is 18.2 Å². The molecule has 2 aromatic carbocycles. The predicted octanol–water partition coefficient (Wildman–Crippen LogP) is 3.23. The molecule has 0 aliphatic heterocycles. The Kier molecular flexibility index (Phi) is 6.98. The fourth-order valence-corrected chi connectivity index (χ4v) is 3.84. The number of hydrogen-bond donors (Lipinski definition) is 1. The van der Waals surface area contributed by atoms with Crippen molar-refractivity contribution in [2.45, 2.75) is 37.3 Å². The fourth-order valence-electron chi connectivity index (χ4n) is 2.58. The summed E-state index contributed by atoms with van der Waals surface area (Å²) in [6.45, 7) is 3.16. The van der Waals surface area contributed by atoms with Crippen LogP contribution in [0.2, 0.25) is 0 Å². The highest BCUT2D eigenvalue weighted by atomic mass is 32.2. The lowest BCUT2D eigenvalue weighted by Gasteiger charge is -2.19. The van der Waals surface area contributed by atoms with E-state index in [2.05, 4.69) is 4.72 Å². The Labute approximate surface area is 165 Å². The molecule has 0 saturated heterocycles. The molecule has 0 saturated carbocycles. The molecule has 29 heavy (non-hydrogen) atoms. The molecule has 1 atom stereocenters. The second-order valence-electron chi connectivity index (χ2n) is 6.34. The number of para-hydroxylation sites is 1. The smallest absolute Gasteiger partial charge is 0.308 e. The number of nitrogens with one attached hydrogen (secondary N) is 1. The van der Waals surface area contributed by atoms with Gasteiger partial charge in [-0.05, 0) is 26.0 Å². The van der Waals surface area contributed by atoms with Gasteiger partial charge in [-0.2, -0.15) is 0 Å². The van der Waals surface area contributed by atoms with E-state index in [1.165, 1.54) is 18.2 Å². The van der Waals surface area contributed by atoms with Gasteiger partial charge in [0.1, 0.15) is 11.6 Å². The molecule has 0 spiro atoms. The van der Waals surface area contributed by atoms with Crippen LogP contribution in [0.1, 0.15) is 31.9 Å². The molecular weight excluding hydrogens is 410 g/mol. The van der Waals surface area contributed by atoms with Crippen LogP contribution in [-0.4, -0.2) is 25.4 Å². The number of rotatable bonds is 8. The number of nitro groups is 1. The average Bonchev–Trinajstić information content (AvgIpc) is 2.59. The minimum atomic E-state index is -4.53. The van der Waals surface area contributed by atoms with Crippen LogP contribution < -0.4 is 4.72 Å². The first-order chi connectivity index (χ1) is 13.5. The van der Waals surface area contributed by atoms with E-state index in [1.54, 1.807) is 13.8 Å². The molecule has 156 valence electrons. The topological polar surface area (TPSA) is 116 Å². The van der Waals surface area contributed by atoms with Crippen LogP contribution in [0.25, 0.3) is 0 Å². The maximum atomic E-state index is 13.4. The maximum absolute atomic E-state index is 13.4. The van der Waals surface area contributed by atoms with Gasteiger partial charge in [0.05, 0.1) is 28.4 Å². The number of nitro benzene ring substituents is 1. The Balaban J connectivity index is 2.47. The molecule has 0 unspecified atom stereocenters. The van der Waals surface area contributed by atoms with Crippen LogP contribution in [0.4, 0.5) is 14.5 Å². The molecule has 0 aromatic heterocycles. The molecule has 0 aliphatic carbocycles. The third kappa shape index (κ3) is 6.03. The summed E-state index contributed by atoms with van der Waals surface area (Å²) in [5.41, 5.74) is -0.526. The third-order valence-corrected chi connectivity index (χ3v) is 5.14. The molecule has 0 fully saturated rings. The van der Waals surface area contributed by atoms with Crippen LogP contribution in [0.3, 0.4) is 0 Å². The summed E-state index contributed by atoms with van der Waals surface area (Å²) in [6, 6.07) is 5.51. The quantitative estimate of drug-likeness (QED) is 0.392. The van der Waals surface area contributed by atoms with Crippen molar-refractivity contribution in [3.8, 4) is 0 Å². The number of carbonyl (C=O) groups is 1. The molecule has 0 amide bonds. The molecule has 0 bridgehead atoms. The zero-order chi connectivity index (χ0) is 21.8. The van der Waals surface area contributed by atoms with Crippen LogP contribution in [-0.2, 0) is 19.6 Å². The first-order valence-corrected chi connectivity index (χ1v) is 9.89. The summed E-state index contributed by atoms with van der Waals surface area (Å²) in [5.74, 6) is -3.05. The van der Waals surface area contributed by atoms with Crippen molar-refractivity contribution < 1.29 is 31.7 Å². The Bertz CT molecular complexity index is 1010. The summed E-state index contributed by atoms with van der Waals surface area (Å²) >= 11 is 0. The maximum Gasteiger partial charge on any atom is 0.308 e. The van der Waals surface area contributed by atoms with Crippen LogP contribution >= 0.6 is 0 Å². The van der Waals surface area contributed by atoms with Gasteiger partial charge >= 0.3 is 5.97 Å². The van der Waals surface area contributed by atoms with E-state index in [-0.39, 0.29) is 5.56 Å². The van der Waals surface area contributed by atoms with Crippen molar-refractivity contribution in [1.82, 2.24) is 4.72 Å². The Morgan fingerprint density at radius 3 is 2.31 bits per heavy atom. The molecule has 0 radical (unpaired) electrons. The van der Waals surface area contributed by atoms with E-state index in [1.807, 2.05) is 0 Å². The van der Waals surface area contributed by atoms with E-state index in [4.69, 9.17) is 4.74 Å². The monoisotopic (exact) mass is 428 g/mol. The molecule has 0 aliphatic rings. The van der Waals surface area contributed by atoms with Crippen molar-refractivity contribution in [2.24, 2.45) is 0 Å².